The number of carbonyl (C=O) groups excluding carboxylic acids is 1. The van der Waals surface area contributed by atoms with E-state index in [0.29, 0.717) is 12.6 Å². The Kier molecular flexibility index (Phi) is 4.03. The maximum absolute atomic E-state index is 12.0. The fraction of sp³-hybridized carbons (Fsp3) is 0.562. The van der Waals surface area contributed by atoms with E-state index in [9.17, 15) is 4.79 Å². The Morgan fingerprint density at radius 1 is 1.30 bits per heavy atom. The quantitative estimate of drug-likeness (QED) is 0.781. The zero-order chi connectivity index (χ0) is 13.9. The Morgan fingerprint density at radius 3 is 2.55 bits per heavy atom. The molecule has 2 aliphatic rings. The van der Waals surface area contributed by atoms with Crippen molar-refractivity contribution >= 4 is 5.91 Å². The molecule has 1 unspecified atom stereocenters. The summed E-state index contributed by atoms with van der Waals surface area (Å²) in [5, 5.41) is 0. The van der Waals surface area contributed by atoms with Gasteiger partial charge in [-0.2, -0.15) is 0 Å². The first-order valence-electron chi connectivity index (χ1n) is 7.38. The van der Waals surface area contributed by atoms with Crippen LogP contribution in [0.3, 0.4) is 0 Å². The summed E-state index contributed by atoms with van der Waals surface area (Å²) in [6, 6.07) is 10.9. The van der Waals surface area contributed by atoms with Gasteiger partial charge in [-0.05, 0) is 18.4 Å². The van der Waals surface area contributed by atoms with Crippen LogP contribution in [0.15, 0.2) is 30.3 Å². The summed E-state index contributed by atoms with van der Waals surface area (Å²) in [4.78, 5) is 16.3. The second-order valence-corrected chi connectivity index (χ2v) is 5.76. The minimum absolute atomic E-state index is 0.151. The minimum Gasteiger partial charge on any atom is -0.363 e. The van der Waals surface area contributed by atoms with Crippen molar-refractivity contribution in [1.29, 1.82) is 0 Å². The van der Waals surface area contributed by atoms with Crippen LogP contribution in [0.4, 0.5) is 0 Å². The van der Waals surface area contributed by atoms with Crippen molar-refractivity contribution in [3.05, 3.63) is 35.9 Å². The van der Waals surface area contributed by atoms with E-state index < -0.39 is 0 Å². The van der Waals surface area contributed by atoms with Crippen molar-refractivity contribution in [1.82, 2.24) is 9.80 Å². The molecule has 1 atom stereocenters. The predicted octanol–water partition coefficient (Wildman–Crippen LogP) is 1.51. The molecule has 0 aliphatic carbocycles. The van der Waals surface area contributed by atoms with E-state index >= 15 is 0 Å². The molecule has 4 nitrogen and oxygen atoms in total. The third kappa shape index (κ3) is 3.19. The molecule has 0 aromatic heterocycles. The number of amides is 1. The number of piperidine rings is 1. The van der Waals surface area contributed by atoms with Gasteiger partial charge in [-0.25, -0.2) is 0 Å². The van der Waals surface area contributed by atoms with Gasteiger partial charge in [-0.1, -0.05) is 30.3 Å². The van der Waals surface area contributed by atoms with Crippen LogP contribution in [-0.2, 0) is 16.1 Å². The van der Waals surface area contributed by atoms with Gasteiger partial charge >= 0.3 is 0 Å². The summed E-state index contributed by atoms with van der Waals surface area (Å²) in [5.41, 5.74) is 1.36. The van der Waals surface area contributed by atoms with Crippen molar-refractivity contribution in [2.24, 2.45) is 0 Å². The average molecular weight is 274 g/mol. The molecule has 20 heavy (non-hydrogen) atoms. The number of likely N-dealkylation sites (tertiary alicyclic amines) is 1. The van der Waals surface area contributed by atoms with E-state index in [2.05, 4.69) is 35.2 Å². The Labute approximate surface area is 120 Å². The molecule has 2 heterocycles. The SMILES string of the molecule is CN(C(=O)C1CO1)C1CCN(Cc2ccccc2)CC1. The molecule has 0 spiro atoms. The normalized spacial score (nSPS) is 23.6. The lowest BCUT2D eigenvalue weighted by atomic mass is 10.0. The number of epoxide rings is 1. The summed E-state index contributed by atoms with van der Waals surface area (Å²) >= 11 is 0. The van der Waals surface area contributed by atoms with Crippen molar-refractivity contribution < 1.29 is 9.53 Å². The highest BCUT2D eigenvalue weighted by Gasteiger charge is 2.36. The van der Waals surface area contributed by atoms with Crippen LogP contribution < -0.4 is 0 Å². The summed E-state index contributed by atoms with van der Waals surface area (Å²) in [7, 11) is 1.92. The van der Waals surface area contributed by atoms with Gasteiger partial charge in [-0.3, -0.25) is 9.69 Å². The third-order valence-electron chi connectivity index (χ3n) is 4.31. The number of ether oxygens (including phenoxy) is 1. The largest absolute Gasteiger partial charge is 0.363 e. The number of hydrogen-bond donors (Lipinski definition) is 0. The van der Waals surface area contributed by atoms with Crippen LogP contribution in [0.5, 0.6) is 0 Å². The van der Waals surface area contributed by atoms with Crippen molar-refractivity contribution in [2.75, 3.05) is 26.7 Å². The molecule has 1 amide bonds. The van der Waals surface area contributed by atoms with Gasteiger partial charge in [0.15, 0.2) is 6.10 Å². The van der Waals surface area contributed by atoms with Crippen LogP contribution in [0.25, 0.3) is 0 Å². The molecule has 4 heteroatoms. The molecule has 0 bridgehead atoms. The van der Waals surface area contributed by atoms with E-state index in [1.165, 1.54) is 5.56 Å². The molecule has 3 rings (SSSR count). The van der Waals surface area contributed by atoms with Crippen molar-refractivity contribution in [3.8, 4) is 0 Å². The lowest BCUT2D eigenvalue weighted by Gasteiger charge is -2.36. The standard InChI is InChI=1S/C16H22N2O2/c1-17(16(19)15-12-20-15)14-7-9-18(10-8-14)11-13-5-3-2-4-6-13/h2-6,14-15H,7-12H2,1H3. The molecule has 108 valence electrons. The zero-order valence-corrected chi connectivity index (χ0v) is 12.0. The third-order valence-corrected chi connectivity index (χ3v) is 4.31. The van der Waals surface area contributed by atoms with Gasteiger partial charge in [0.05, 0.1) is 6.61 Å². The molecular weight excluding hydrogens is 252 g/mol. The number of benzene rings is 1. The molecule has 2 fully saturated rings. The summed E-state index contributed by atoms with van der Waals surface area (Å²) in [6.07, 6.45) is 1.96. The molecule has 1 aromatic rings. The fourth-order valence-electron chi connectivity index (χ4n) is 2.90. The van der Waals surface area contributed by atoms with Crippen LogP contribution in [-0.4, -0.2) is 54.6 Å². The van der Waals surface area contributed by atoms with Gasteiger partial charge in [0.2, 0.25) is 0 Å². The Balaban J connectivity index is 1.48. The number of nitrogens with zero attached hydrogens (tertiary/aromatic N) is 2. The van der Waals surface area contributed by atoms with E-state index in [1.807, 2.05) is 11.9 Å². The zero-order valence-electron chi connectivity index (χ0n) is 12.0. The highest BCUT2D eigenvalue weighted by Crippen LogP contribution is 2.21. The second-order valence-electron chi connectivity index (χ2n) is 5.76. The maximum atomic E-state index is 12.0. The molecule has 1 aromatic carbocycles. The van der Waals surface area contributed by atoms with Gasteiger partial charge in [-0.15, -0.1) is 0 Å². The summed E-state index contributed by atoms with van der Waals surface area (Å²) < 4.78 is 5.08. The van der Waals surface area contributed by atoms with Gasteiger partial charge in [0, 0.05) is 32.7 Å². The Hall–Kier alpha value is -1.39. The topological polar surface area (TPSA) is 36.1 Å². The summed E-state index contributed by atoms with van der Waals surface area (Å²) in [5.74, 6) is 0.159. The van der Waals surface area contributed by atoms with Crippen LogP contribution >= 0.6 is 0 Å². The average Bonchev–Trinajstić information content (AvgIpc) is 3.32. The van der Waals surface area contributed by atoms with Crippen LogP contribution in [0, 0.1) is 0 Å². The van der Waals surface area contributed by atoms with Gasteiger partial charge in [0.1, 0.15) is 0 Å². The second kappa shape index (κ2) is 5.94. The van der Waals surface area contributed by atoms with E-state index in [4.69, 9.17) is 4.74 Å². The van der Waals surface area contributed by atoms with E-state index in [-0.39, 0.29) is 12.0 Å². The van der Waals surface area contributed by atoms with Crippen LogP contribution in [0.1, 0.15) is 18.4 Å². The van der Waals surface area contributed by atoms with Crippen LogP contribution in [0.2, 0.25) is 0 Å². The highest BCUT2D eigenvalue weighted by molar-refractivity contribution is 5.83. The molecule has 0 N–H and O–H groups in total. The van der Waals surface area contributed by atoms with Gasteiger partial charge < -0.3 is 9.64 Å². The number of likely N-dealkylation sites (N-methyl/N-ethyl adjacent to an activating group) is 1. The van der Waals surface area contributed by atoms with E-state index in [1.54, 1.807) is 0 Å². The van der Waals surface area contributed by atoms with E-state index in [0.717, 1.165) is 32.5 Å². The van der Waals surface area contributed by atoms with Gasteiger partial charge in [0.25, 0.3) is 5.91 Å². The molecule has 2 saturated heterocycles. The smallest absolute Gasteiger partial charge is 0.254 e. The maximum Gasteiger partial charge on any atom is 0.254 e. The lowest BCUT2D eigenvalue weighted by molar-refractivity contribution is -0.134. The Bertz CT molecular complexity index is 451. The van der Waals surface area contributed by atoms with Crippen molar-refractivity contribution in [2.45, 2.75) is 31.5 Å². The monoisotopic (exact) mass is 274 g/mol. The molecule has 0 radical (unpaired) electrons. The first-order valence-corrected chi connectivity index (χ1v) is 7.38. The van der Waals surface area contributed by atoms with Crippen molar-refractivity contribution in [3.63, 3.8) is 0 Å². The minimum atomic E-state index is -0.151. The molecule has 2 aliphatic heterocycles. The fourth-order valence-corrected chi connectivity index (χ4v) is 2.90. The number of hydrogen-bond acceptors (Lipinski definition) is 3. The highest BCUT2D eigenvalue weighted by atomic mass is 16.6. The molecular formula is C16H22N2O2. The first kappa shape index (κ1) is 13.6. The predicted molar refractivity (Wildman–Crippen MR) is 77.3 cm³/mol. The first-order chi connectivity index (χ1) is 9.74. The molecule has 0 saturated carbocycles. The number of rotatable bonds is 4. The number of carbonyl (C=O) groups is 1. The Morgan fingerprint density at radius 2 is 1.95 bits per heavy atom. The lowest BCUT2D eigenvalue weighted by Crippen LogP contribution is -2.46. The summed E-state index contributed by atoms with van der Waals surface area (Å²) in [6.45, 7) is 3.73.